The van der Waals surface area contributed by atoms with Gasteiger partial charge >= 0.3 is 5.97 Å². The molecule has 3 heterocycles. The number of imidazole rings is 1. The first-order valence-corrected chi connectivity index (χ1v) is 11.6. The molecule has 2 unspecified atom stereocenters. The van der Waals surface area contributed by atoms with E-state index in [9.17, 15) is 4.79 Å². The minimum atomic E-state index is -0.115. The van der Waals surface area contributed by atoms with E-state index >= 15 is 0 Å². The number of methoxy groups -OCH3 is 1. The van der Waals surface area contributed by atoms with Crippen LogP contribution in [-0.4, -0.2) is 40.5 Å². The number of benzene rings is 1. The lowest BCUT2D eigenvalue weighted by Gasteiger charge is -2.42. The maximum Gasteiger partial charge on any atom is 0.309 e. The van der Waals surface area contributed by atoms with Crippen molar-refractivity contribution in [2.24, 2.45) is 17.3 Å². The van der Waals surface area contributed by atoms with Gasteiger partial charge in [0.05, 0.1) is 23.7 Å². The normalized spacial score (nSPS) is 19.9. The van der Waals surface area contributed by atoms with Gasteiger partial charge in [0, 0.05) is 44.0 Å². The number of fused-ring (bicyclic) bond motifs is 1. The van der Waals surface area contributed by atoms with Crippen molar-refractivity contribution < 1.29 is 9.53 Å². The molecular formula is C26H32ClN3O2. The summed E-state index contributed by atoms with van der Waals surface area (Å²) >= 11 is 6.42. The summed E-state index contributed by atoms with van der Waals surface area (Å²) in [6, 6.07) is 12.4. The number of hydrogen-bond donors (Lipinski definition) is 0. The van der Waals surface area contributed by atoms with Crippen molar-refractivity contribution in [3.05, 3.63) is 70.6 Å². The molecule has 1 aliphatic heterocycles. The van der Waals surface area contributed by atoms with Gasteiger partial charge in [0.25, 0.3) is 0 Å². The first-order chi connectivity index (χ1) is 15.2. The molecule has 5 nitrogen and oxygen atoms in total. The Morgan fingerprint density at radius 1 is 1.19 bits per heavy atom. The van der Waals surface area contributed by atoms with Gasteiger partial charge in [-0.1, -0.05) is 62.7 Å². The van der Waals surface area contributed by atoms with E-state index in [1.165, 1.54) is 12.7 Å². The van der Waals surface area contributed by atoms with Crippen molar-refractivity contribution in [1.82, 2.24) is 14.3 Å². The van der Waals surface area contributed by atoms with Crippen LogP contribution in [0.4, 0.5) is 0 Å². The van der Waals surface area contributed by atoms with E-state index in [1.54, 1.807) is 0 Å². The van der Waals surface area contributed by atoms with Gasteiger partial charge < -0.3 is 9.14 Å². The standard InChI is InChI=1S/C26H32ClN3O2/c1-26(2,3)21-11-20(25(31)32-4)13-29(14-21)16-23-17-30-15-22(27)12-19(24(30)28-23)10-18-8-6-5-7-9-18/h5-9,12,15,17,20-21H,10-11,13-14,16H2,1-4H3. The summed E-state index contributed by atoms with van der Waals surface area (Å²) in [4.78, 5) is 19.7. The molecule has 0 amide bonds. The maximum absolute atomic E-state index is 12.4. The number of pyridine rings is 1. The summed E-state index contributed by atoms with van der Waals surface area (Å²) in [7, 11) is 1.48. The molecule has 0 saturated carbocycles. The highest BCUT2D eigenvalue weighted by atomic mass is 35.5. The molecule has 0 aliphatic carbocycles. The second-order valence-electron chi connectivity index (χ2n) is 10.0. The molecule has 1 fully saturated rings. The number of piperidine rings is 1. The van der Waals surface area contributed by atoms with E-state index in [1.807, 2.05) is 34.9 Å². The van der Waals surface area contributed by atoms with Crippen LogP contribution in [0.5, 0.6) is 0 Å². The van der Waals surface area contributed by atoms with Crippen LogP contribution in [0.2, 0.25) is 5.02 Å². The van der Waals surface area contributed by atoms with Crippen LogP contribution in [-0.2, 0) is 22.5 Å². The molecule has 0 spiro atoms. The highest BCUT2D eigenvalue weighted by Gasteiger charge is 2.37. The van der Waals surface area contributed by atoms with E-state index in [4.69, 9.17) is 21.3 Å². The zero-order valence-corrected chi connectivity index (χ0v) is 20.1. The van der Waals surface area contributed by atoms with Gasteiger partial charge in [0.1, 0.15) is 5.65 Å². The number of likely N-dealkylation sites (tertiary alicyclic amines) is 1. The monoisotopic (exact) mass is 453 g/mol. The highest BCUT2D eigenvalue weighted by Crippen LogP contribution is 2.36. The minimum Gasteiger partial charge on any atom is -0.469 e. The molecule has 170 valence electrons. The van der Waals surface area contributed by atoms with Crippen molar-refractivity contribution in [2.75, 3.05) is 20.2 Å². The predicted octanol–water partition coefficient (Wildman–Crippen LogP) is 5.24. The van der Waals surface area contributed by atoms with E-state index in [2.05, 4.69) is 44.0 Å². The molecule has 0 N–H and O–H groups in total. The molecular weight excluding hydrogens is 422 g/mol. The molecule has 4 rings (SSSR count). The Morgan fingerprint density at radius 3 is 2.62 bits per heavy atom. The fraction of sp³-hybridized carbons (Fsp3) is 0.462. The average Bonchev–Trinajstić information content (AvgIpc) is 3.15. The number of aromatic nitrogens is 2. The largest absolute Gasteiger partial charge is 0.469 e. The summed E-state index contributed by atoms with van der Waals surface area (Å²) in [6.45, 7) is 9.09. The van der Waals surface area contributed by atoms with Crippen molar-refractivity contribution >= 4 is 23.2 Å². The third-order valence-electron chi connectivity index (χ3n) is 6.55. The Labute approximate surface area is 195 Å². The molecule has 2 atom stereocenters. The third kappa shape index (κ3) is 5.16. The highest BCUT2D eigenvalue weighted by molar-refractivity contribution is 6.30. The van der Waals surface area contributed by atoms with E-state index in [0.29, 0.717) is 24.0 Å². The van der Waals surface area contributed by atoms with E-state index in [0.717, 1.165) is 36.3 Å². The van der Waals surface area contributed by atoms with Crippen molar-refractivity contribution in [2.45, 2.75) is 40.2 Å². The fourth-order valence-electron chi connectivity index (χ4n) is 4.72. The summed E-state index contributed by atoms with van der Waals surface area (Å²) < 4.78 is 7.11. The number of carbonyl (C=O) groups excluding carboxylic acids is 1. The maximum atomic E-state index is 12.4. The molecule has 0 radical (unpaired) electrons. The second kappa shape index (κ2) is 9.24. The molecule has 0 bridgehead atoms. The molecule has 1 aliphatic rings. The molecule has 6 heteroatoms. The summed E-state index contributed by atoms with van der Waals surface area (Å²) in [6.07, 6.45) is 5.62. The fourth-order valence-corrected chi connectivity index (χ4v) is 4.95. The zero-order chi connectivity index (χ0) is 22.9. The lowest BCUT2D eigenvalue weighted by Crippen LogP contribution is -2.46. The van der Waals surface area contributed by atoms with Gasteiger partial charge in [0.2, 0.25) is 0 Å². The number of ether oxygens (including phenoxy) is 1. The van der Waals surface area contributed by atoms with Gasteiger partial charge in [-0.15, -0.1) is 0 Å². The van der Waals surface area contributed by atoms with Crippen molar-refractivity contribution in [3.63, 3.8) is 0 Å². The van der Waals surface area contributed by atoms with Crippen LogP contribution in [0.3, 0.4) is 0 Å². The quantitative estimate of drug-likeness (QED) is 0.496. The van der Waals surface area contributed by atoms with E-state index < -0.39 is 0 Å². The number of esters is 1. The van der Waals surface area contributed by atoms with Crippen LogP contribution < -0.4 is 0 Å². The summed E-state index contributed by atoms with van der Waals surface area (Å²) in [5.74, 6) is 0.203. The smallest absolute Gasteiger partial charge is 0.309 e. The Hall–Kier alpha value is -2.37. The number of hydrogen-bond acceptors (Lipinski definition) is 4. The minimum absolute atomic E-state index is 0.0990. The van der Waals surface area contributed by atoms with Gasteiger partial charge in [-0.2, -0.15) is 0 Å². The number of rotatable bonds is 5. The molecule has 3 aromatic rings. The van der Waals surface area contributed by atoms with Crippen LogP contribution in [0.1, 0.15) is 44.0 Å². The Kier molecular flexibility index (Phi) is 6.59. The molecule has 2 aromatic heterocycles. The number of carbonyl (C=O) groups is 1. The number of nitrogens with zero attached hydrogens (tertiary/aromatic N) is 3. The van der Waals surface area contributed by atoms with Gasteiger partial charge in [-0.25, -0.2) is 4.98 Å². The zero-order valence-electron chi connectivity index (χ0n) is 19.3. The average molecular weight is 454 g/mol. The number of halogens is 1. The first kappa shape index (κ1) is 22.8. The third-order valence-corrected chi connectivity index (χ3v) is 6.76. The van der Waals surface area contributed by atoms with Crippen molar-refractivity contribution in [1.29, 1.82) is 0 Å². The molecule has 32 heavy (non-hydrogen) atoms. The Bertz CT molecular complexity index is 1090. The van der Waals surface area contributed by atoms with Gasteiger partial charge in [-0.3, -0.25) is 9.69 Å². The second-order valence-corrected chi connectivity index (χ2v) is 10.5. The van der Waals surface area contributed by atoms with Crippen LogP contribution >= 0.6 is 11.6 Å². The SMILES string of the molecule is COC(=O)C1CC(C(C)(C)C)CN(Cc2cn3cc(Cl)cc(Cc4ccccc4)c3n2)C1. The predicted molar refractivity (Wildman–Crippen MR) is 128 cm³/mol. The van der Waals surface area contributed by atoms with Crippen LogP contribution in [0, 0.1) is 17.3 Å². The van der Waals surface area contributed by atoms with E-state index in [-0.39, 0.29) is 17.3 Å². The topological polar surface area (TPSA) is 46.8 Å². The van der Waals surface area contributed by atoms with Crippen molar-refractivity contribution in [3.8, 4) is 0 Å². The van der Waals surface area contributed by atoms with Gasteiger partial charge in [0.15, 0.2) is 0 Å². The van der Waals surface area contributed by atoms with Gasteiger partial charge in [-0.05, 0) is 29.4 Å². The Morgan fingerprint density at radius 2 is 1.94 bits per heavy atom. The lowest BCUT2D eigenvalue weighted by atomic mass is 9.73. The summed E-state index contributed by atoms with van der Waals surface area (Å²) in [5, 5.41) is 0.698. The molecule has 1 saturated heterocycles. The summed E-state index contributed by atoms with van der Waals surface area (Å²) in [5.41, 5.74) is 4.38. The first-order valence-electron chi connectivity index (χ1n) is 11.2. The Balaban J connectivity index is 1.59. The molecule has 1 aromatic carbocycles. The van der Waals surface area contributed by atoms with Crippen LogP contribution in [0.25, 0.3) is 5.65 Å². The van der Waals surface area contributed by atoms with Crippen LogP contribution in [0.15, 0.2) is 48.8 Å². The lowest BCUT2D eigenvalue weighted by molar-refractivity contribution is -0.149.